The minimum absolute atomic E-state index is 0.434. The van der Waals surface area contributed by atoms with Gasteiger partial charge in [0.1, 0.15) is 0 Å². The standard InChI is InChI=1S/C14H14N4/c1-10-4-2-3-5-12(10)13-6-7-14-16-11(8-15)9-18(14)17-13/h2-7,9H,8,15H2,1H3. The predicted octanol–water partition coefficient (Wildman–Crippen LogP) is 2.16. The number of hydrogen-bond acceptors (Lipinski definition) is 3. The largest absolute Gasteiger partial charge is 0.325 e. The topological polar surface area (TPSA) is 56.2 Å². The van der Waals surface area contributed by atoms with Crippen LogP contribution in [0.15, 0.2) is 42.6 Å². The molecule has 0 aliphatic heterocycles. The van der Waals surface area contributed by atoms with Gasteiger partial charge in [-0.05, 0) is 24.6 Å². The van der Waals surface area contributed by atoms with Crippen LogP contribution in [0.25, 0.3) is 16.9 Å². The molecule has 2 heterocycles. The number of fused-ring (bicyclic) bond motifs is 1. The number of nitrogens with two attached hydrogens (primary N) is 1. The number of aryl methyl sites for hydroxylation is 1. The zero-order valence-electron chi connectivity index (χ0n) is 10.2. The van der Waals surface area contributed by atoms with Crippen LogP contribution < -0.4 is 5.73 Å². The van der Waals surface area contributed by atoms with E-state index < -0.39 is 0 Å². The zero-order valence-corrected chi connectivity index (χ0v) is 10.2. The number of aromatic nitrogens is 3. The second kappa shape index (κ2) is 4.23. The highest BCUT2D eigenvalue weighted by Crippen LogP contribution is 2.21. The van der Waals surface area contributed by atoms with Crippen LogP contribution in [0.3, 0.4) is 0 Å². The van der Waals surface area contributed by atoms with Crippen LogP contribution in [0.5, 0.6) is 0 Å². The Kier molecular flexibility index (Phi) is 2.57. The van der Waals surface area contributed by atoms with Crippen LogP contribution in [0.1, 0.15) is 11.3 Å². The summed E-state index contributed by atoms with van der Waals surface area (Å²) in [5, 5.41) is 4.57. The third-order valence-corrected chi connectivity index (χ3v) is 3.00. The van der Waals surface area contributed by atoms with E-state index in [0.717, 1.165) is 22.6 Å². The molecular weight excluding hydrogens is 224 g/mol. The van der Waals surface area contributed by atoms with Gasteiger partial charge in [-0.2, -0.15) is 5.10 Å². The first-order valence-electron chi connectivity index (χ1n) is 5.89. The van der Waals surface area contributed by atoms with Crippen molar-refractivity contribution in [3.63, 3.8) is 0 Å². The Balaban J connectivity index is 2.16. The van der Waals surface area contributed by atoms with Crippen molar-refractivity contribution in [1.29, 1.82) is 0 Å². The van der Waals surface area contributed by atoms with Crippen LogP contribution >= 0.6 is 0 Å². The van der Waals surface area contributed by atoms with E-state index in [9.17, 15) is 0 Å². The molecule has 0 aliphatic rings. The summed E-state index contributed by atoms with van der Waals surface area (Å²) >= 11 is 0. The maximum atomic E-state index is 5.58. The van der Waals surface area contributed by atoms with Crippen molar-refractivity contribution in [1.82, 2.24) is 14.6 Å². The quantitative estimate of drug-likeness (QED) is 0.744. The van der Waals surface area contributed by atoms with Gasteiger partial charge >= 0.3 is 0 Å². The molecule has 90 valence electrons. The van der Waals surface area contributed by atoms with Crippen molar-refractivity contribution >= 4 is 5.65 Å². The number of benzene rings is 1. The Bertz CT molecular complexity index is 700. The van der Waals surface area contributed by atoms with Crippen LogP contribution in [0, 0.1) is 6.92 Å². The molecule has 0 aliphatic carbocycles. The second-order valence-electron chi connectivity index (χ2n) is 4.27. The fraction of sp³-hybridized carbons (Fsp3) is 0.143. The molecule has 4 heteroatoms. The molecule has 0 bridgehead atoms. The third kappa shape index (κ3) is 1.76. The summed E-state index contributed by atoms with van der Waals surface area (Å²) in [5.41, 5.74) is 10.6. The van der Waals surface area contributed by atoms with Crippen molar-refractivity contribution in [3.05, 3.63) is 53.9 Å². The van der Waals surface area contributed by atoms with Crippen molar-refractivity contribution in [3.8, 4) is 11.3 Å². The lowest BCUT2D eigenvalue weighted by molar-refractivity contribution is 0.933. The summed E-state index contributed by atoms with van der Waals surface area (Å²) in [6.45, 7) is 2.52. The van der Waals surface area contributed by atoms with Crippen LogP contribution in [-0.4, -0.2) is 14.6 Å². The molecule has 4 nitrogen and oxygen atoms in total. The summed E-state index contributed by atoms with van der Waals surface area (Å²) < 4.78 is 1.78. The highest BCUT2D eigenvalue weighted by Gasteiger charge is 2.05. The number of nitrogens with zero attached hydrogens (tertiary/aromatic N) is 3. The molecule has 0 amide bonds. The molecule has 3 aromatic rings. The summed E-state index contributed by atoms with van der Waals surface area (Å²) in [7, 11) is 0. The van der Waals surface area contributed by atoms with Gasteiger partial charge in [-0.25, -0.2) is 9.50 Å². The molecule has 0 unspecified atom stereocenters. The fourth-order valence-corrected chi connectivity index (χ4v) is 2.03. The lowest BCUT2D eigenvalue weighted by Crippen LogP contribution is -1.95. The number of imidazole rings is 1. The summed E-state index contributed by atoms with van der Waals surface area (Å²) in [6.07, 6.45) is 1.87. The van der Waals surface area contributed by atoms with E-state index in [2.05, 4.69) is 29.1 Å². The average Bonchev–Trinajstić information content (AvgIpc) is 2.81. The van der Waals surface area contributed by atoms with Gasteiger partial charge in [0.15, 0.2) is 5.65 Å². The van der Waals surface area contributed by atoms with Crippen LogP contribution in [0.4, 0.5) is 0 Å². The highest BCUT2D eigenvalue weighted by atomic mass is 15.2. The number of hydrogen-bond donors (Lipinski definition) is 1. The van der Waals surface area contributed by atoms with Gasteiger partial charge in [0, 0.05) is 12.1 Å². The van der Waals surface area contributed by atoms with E-state index >= 15 is 0 Å². The van der Waals surface area contributed by atoms with E-state index in [1.165, 1.54) is 5.56 Å². The first kappa shape index (κ1) is 10.9. The molecule has 0 radical (unpaired) electrons. The molecule has 2 N–H and O–H groups in total. The molecule has 1 aromatic carbocycles. The Morgan fingerprint density at radius 3 is 2.78 bits per heavy atom. The smallest absolute Gasteiger partial charge is 0.153 e. The van der Waals surface area contributed by atoms with Gasteiger partial charge in [-0.3, -0.25) is 0 Å². The van der Waals surface area contributed by atoms with E-state index in [4.69, 9.17) is 5.73 Å². The fourth-order valence-electron chi connectivity index (χ4n) is 2.03. The second-order valence-corrected chi connectivity index (χ2v) is 4.27. The Labute approximate surface area is 105 Å². The predicted molar refractivity (Wildman–Crippen MR) is 71.1 cm³/mol. The van der Waals surface area contributed by atoms with E-state index in [-0.39, 0.29) is 0 Å². The van der Waals surface area contributed by atoms with E-state index in [0.29, 0.717) is 6.54 Å². The Morgan fingerprint density at radius 2 is 2.00 bits per heavy atom. The Morgan fingerprint density at radius 1 is 1.17 bits per heavy atom. The lowest BCUT2D eigenvalue weighted by atomic mass is 10.1. The molecule has 0 spiro atoms. The SMILES string of the molecule is Cc1ccccc1-c1ccc2nc(CN)cn2n1. The van der Waals surface area contributed by atoms with E-state index in [1.807, 2.05) is 30.5 Å². The third-order valence-electron chi connectivity index (χ3n) is 3.00. The van der Waals surface area contributed by atoms with Gasteiger partial charge in [-0.1, -0.05) is 24.3 Å². The van der Waals surface area contributed by atoms with E-state index in [1.54, 1.807) is 4.52 Å². The lowest BCUT2D eigenvalue weighted by Gasteiger charge is -2.04. The van der Waals surface area contributed by atoms with Gasteiger partial charge in [0.05, 0.1) is 17.6 Å². The first-order valence-corrected chi connectivity index (χ1v) is 5.89. The highest BCUT2D eigenvalue weighted by molar-refractivity contribution is 5.64. The maximum Gasteiger partial charge on any atom is 0.153 e. The van der Waals surface area contributed by atoms with Crippen molar-refractivity contribution < 1.29 is 0 Å². The monoisotopic (exact) mass is 238 g/mol. The Hall–Kier alpha value is -2.20. The van der Waals surface area contributed by atoms with Gasteiger partial charge < -0.3 is 5.73 Å². The molecule has 0 atom stereocenters. The van der Waals surface area contributed by atoms with Crippen LogP contribution in [0.2, 0.25) is 0 Å². The summed E-state index contributed by atoms with van der Waals surface area (Å²) in [5.74, 6) is 0. The molecule has 0 saturated carbocycles. The molecule has 0 fully saturated rings. The normalized spacial score (nSPS) is 11.0. The molecule has 18 heavy (non-hydrogen) atoms. The average molecular weight is 238 g/mol. The zero-order chi connectivity index (χ0) is 12.5. The first-order chi connectivity index (χ1) is 8.78. The summed E-state index contributed by atoms with van der Waals surface area (Å²) in [4.78, 5) is 4.36. The van der Waals surface area contributed by atoms with Crippen LogP contribution in [-0.2, 0) is 6.54 Å². The van der Waals surface area contributed by atoms with Gasteiger partial charge in [-0.15, -0.1) is 0 Å². The molecule has 2 aromatic heterocycles. The molecule has 3 rings (SSSR count). The minimum Gasteiger partial charge on any atom is -0.325 e. The van der Waals surface area contributed by atoms with Crippen molar-refractivity contribution in [2.75, 3.05) is 0 Å². The van der Waals surface area contributed by atoms with Gasteiger partial charge in [0.2, 0.25) is 0 Å². The molecule has 0 saturated heterocycles. The van der Waals surface area contributed by atoms with Gasteiger partial charge in [0.25, 0.3) is 0 Å². The van der Waals surface area contributed by atoms with Crippen molar-refractivity contribution in [2.24, 2.45) is 5.73 Å². The summed E-state index contributed by atoms with van der Waals surface area (Å²) in [6, 6.07) is 12.2. The molecular formula is C14H14N4. The number of rotatable bonds is 2. The van der Waals surface area contributed by atoms with Crippen molar-refractivity contribution in [2.45, 2.75) is 13.5 Å². The maximum absolute atomic E-state index is 5.58. The minimum atomic E-state index is 0.434.